The van der Waals surface area contributed by atoms with Crippen molar-refractivity contribution in [2.75, 3.05) is 45.3 Å². The topological polar surface area (TPSA) is 113 Å². The molecular weight excluding hydrogens is 396 g/mol. The molecule has 1 aromatic rings. The number of morpholine rings is 1. The quantitative estimate of drug-likeness (QED) is 0.410. The highest BCUT2D eigenvalue weighted by atomic mass is 16.7. The molecule has 0 aromatic heterocycles. The van der Waals surface area contributed by atoms with E-state index in [0.717, 1.165) is 0 Å². The number of hydrogen-bond acceptors (Lipinski definition) is 9. The molecule has 0 radical (unpaired) electrons. The van der Waals surface area contributed by atoms with E-state index < -0.39 is 17.7 Å². The molecule has 2 aliphatic heterocycles. The summed E-state index contributed by atoms with van der Waals surface area (Å²) in [6, 6.07) is 4.87. The summed E-state index contributed by atoms with van der Waals surface area (Å²) in [6.07, 6.45) is 1.21. The van der Waals surface area contributed by atoms with Gasteiger partial charge in [-0.2, -0.15) is 0 Å². The number of carbonyl (C=O) groups excluding carboxylic acids is 3. The first-order valence-corrected chi connectivity index (χ1v) is 9.39. The molecule has 2 aliphatic rings. The Morgan fingerprint density at radius 3 is 2.47 bits per heavy atom. The number of rotatable bonds is 6. The molecule has 0 spiro atoms. The van der Waals surface area contributed by atoms with Crippen molar-refractivity contribution in [3.8, 4) is 11.5 Å². The van der Waals surface area contributed by atoms with Gasteiger partial charge in [-0.3, -0.25) is 4.79 Å². The van der Waals surface area contributed by atoms with E-state index in [1.165, 1.54) is 27.2 Å². The largest absolute Gasteiger partial charge is 0.493 e. The van der Waals surface area contributed by atoms with E-state index in [0.29, 0.717) is 43.5 Å². The zero-order valence-electron chi connectivity index (χ0n) is 17.1. The predicted octanol–water partition coefficient (Wildman–Crippen LogP) is 1.06. The summed E-state index contributed by atoms with van der Waals surface area (Å²) < 4.78 is 26.2. The van der Waals surface area contributed by atoms with Gasteiger partial charge in [0.05, 0.1) is 20.3 Å². The van der Waals surface area contributed by atoms with Crippen LogP contribution in [0.5, 0.6) is 11.5 Å². The summed E-state index contributed by atoms with van der Waals surface area (Å²) in [6.45, 7) is 4.94. The Hall–Kier alpha value is -3.27. The van der Waals surface area contributed by atoms with Gasteiger partial charge in [0.1, 0.15) is 0 Å². The van der Waals surface area contributed by atoms with Crippen molar-refractivity contribution in [3.63, 3.8) is 0 Å². The maximum Gasteiger partial charge on any atom is 0.350 e. The average molecular weight is 420 g/mol. The molecule has 10 nitrogen and oxygen atoms in total. The van der Waals surface area contributed by atoms with Crippen LogP contribution in [0.4, 0.5) is 5.69 Å². The van der Waals surface area contributed by atoms with Crippen LogP contribution in [0, 0.1) is 0 Å². The van der Waals surface area contributed by atoms with Gasteiger partial charge in [0, 0.05) is 44.9 Å². The second kappa shape index (κ2) is 9.04. The van der Waals surface area contributed by atoms with Gasteiger partial charge in [-0.05, 0) is 12.1 Å². The number of hydrogen-bond donors (Lipinski definition) is 1. The van der Waals surface area contributed by atoms with Crippen LogP contribution >= 0.6 is 0 Å². The zero-order valence-corrected chi connectivity index (χ0v) is 17.1. The molecule has 2 fully saturated rings. The first-order chi connectivity index (χ1) is 14.3. The van der Waals surface area contributed by atoms with E-state index in [9.17, 15) is 14.4 Å². The zero-order chi connectivity index (χ0) is 21.7. The number of cyclic esters (lactones) is 2. The molecular formula is C20H24N2O8. The number of benzene rings is 1. The molecule has 0 atom stereocenters. The molecule has 2 heterocycles. The van der Waals surface area contributed by atoms with Crippen LogP contribution in [0.3, 0.4) is 0 Å². The van der Waals surface area contributed by atoms with Crippen molar-refractivity contribution >= 4 is 23.5 Å². The predicted molar refractivity (Wildman–Crippen MR) is 104 cm³/mol. The number of nitrogens with zero attached hydrogens (tertiary/aromatic N) is 1. The molecule has 0 aliphatic carbocycles. The molecule has 162 valence electrons. The van der Waals surface area contributed by atoms with E-state index in [2.05, 4.69) is 5.32 Å². The SMILES string of the molecule is COc1cc(NC=C2C(=O)OC(C)(C)OC2=O)ccc1OCC(=O)N1CCOCC1. The second-order valence-electron chi connectivity index (χ2n) is 7.03. The smallest absolute Gasteiger partial charge is 0.350 e. The lowest BCUT2D eigenvalue weighted by Gasteiger charge is -2.29. The second-order valence-corrected chi connectivity index (χ2v) is 7.03. The minimum Gasteiger partial charge on any atom is -0.493 e. The molecule has 1 aromatic carbocycles. The van der Waals surface area contributed by atoms with Gasteiger partial charge in [0.25, 0.3) is 11.7 Å². The van der Waals surface area contributed by atoms with Crippen molar-refractivity contribution in [1.29, 1.82) is 0 Å². The van der Waals surface area contributed by atoms with Gasteiger partial charge in [-0.25, -0.2) is 9.59 Å². The van der Waals surface area contributed by atoms with E-state index in [1.54, 1.807) is 23.1 Å². The van der Waals surface area contributed by atoms with E-state index in [1.807, 2.05) is 0 Å². The lowest BCUT2D eigenvalue weighted by Crippen LogP contribution is -2.43. The van der Waals surface area contributed by atoms with Crippen molar-refractivity contribution in [3.05, 3.63) is 30.0 Å². The minimum absolute atomic E-state index is 0.124. The Kier molecular flexibility index (Phi) is 6.46. The first-order valence-electron chi connectivity index (χ1n) is 9.39. The number of carbonyl (C=O) groups is 3. The molecule has 2 saturated heterocycles. The van der Waals surface area contributed by atoms with Crippen LogP contribution in [0.1, 0.15) is 13.8 Å². The normalized spacial score (nSPS) is 18.2. The molecule has 0 unspecified atom stereocenters. The van der Waals surface area contributed by atoms with Crippen LogP contribution < -0.4 is 14.8 Å². The standard InChI is InChI=1S/C20H24N2O8/c1-20(2)29-18(24)14(19(25)30-20)11-21-13-4-5-15(16(10-13)26-3)28-12-17(23)22-6-8-27-9-7-22/h4-5,10-11,21H,6-9,12H2,1-3H3. The Morgan fingerprint density at radius 1 is 1.17 bits per heavy atom. The van der Waals surface area contributed by atoms with Crippen LogP contribution in [0.15, 0.2) is 30.0 Å². The number of anilines is 1. The number of ether oxygens (including phenoxy) is 5. The van der Waals surface area contributed by atoms with E-state index in [4.69, 9.17) is 23.7 Å². The summed E-state index contributed by atoms with van der Waals surface area (Å²) in [7, 11) is 1.46. The maximum absolute atomic E-state index is 12.2. The molecule has 0 saturated carbocycles. The number of nitrogens with one attached hydrogen (secondary N) is 1. The summed E-state index contributed by atoms with van der Waals surface area (Å²) in [5.74, 6) is -2.23. The van der Waals surface area contributed by atoms with Gasteiger partial charge in [-0.15, -0.1) is 0 Å². The highest BCUT2D eigenvalue weighted by Gasteiger charge is 2.38. The first kappa shape index (κ1) is 21.4. The Labute approximate surface area is 173 Å². The van der Waals surface area contributed by atoms with Gasteiger partial charge >= 0.3 is 11.9 Å². The van der Waals surface area contributed by atoms with Gasteiger partial charge in [-0.1, -0.05) is 0 Å². The van der Waals surface area contributed by atoms with Gasteiger partial charge in [0.2, 0.25) is 0 Å². The lowest BCUT2D eigenvalue weighted by atomic mass is 10.2. The van der Waals surface area contributed by atoms with Crippen molar-refractivity contribution in [1.82, 2.24) is 4.90 Å². The highest BCUT2D eigenvalue weighted by Crippen LogP contribution is 2.31. The molecule has 10 heteroatoms. The van der Waals surface area contributed by atoms with Crippen LogP contribution in [-0.2, 0) is 28.6 Å². The third-order valence-corrected chi connectivity index (χ3v) is 4.38. The molecule has 30 heavy (non-hydrogen) atoms. The van der Waals surface area contributed by atoms with Crippen molar-refractivity contribution in [2.24, 2.45) is 0 Å². The molecule has 3 rings (SSSR count). The average Bonchev–Trinajstić information content (AvgIpc) is 2.71. The van der Waals surface area contributed by atoms with Crippen LogP contribution in [-0.4, -0.2) is 68.6 Å². The van der Waals surface area contributed by atoms with Crippen LogP contribution in [0.2, 0.25) is 0 Å². The fourth-order valence-corrected chi connectivity index (χ4v) is 2.85. The summed E-state index contributed by atoms with van der Waals surface area (Å²) in [5.41, 5.74) is 0.265. The van der Waals surface area contributed by atoms with Crippen molar-refractivity contribution < 1.29 is 38.1 Å². The van der Waals surface area contributed by atoms with E-state index >= 15 is 0 Å². The number of methoxy groups -OCH3 is 1. The lowest BCUT2D eigenvalue weighted by molar-refractivity contribution is -0.222. The van der Waals surface area contributed by atoms with Gasteiger partial charge < -0.3 is 33.9 Å². The minimum atomic E-state index is -1.30. The number of esters is 2. The molecule has 1 amide bonds. The summed E-state index contributed by atoms with van der Waals surface area (Å²) >= 11 is 0. The summed E-state index contributed by atoms with van der Waals surface area (Å²) in [4.78, 5) is 37.9. The van der Waals surface area contributed by atoms with Gasteiger partial charge in [0.15, 0.2) is 23.7 Å². The summed E-state index contributed by atoms with van der Waals surface area (Å²) in [5, 5.41) is 2.83. The number of amides is 1. The van der Waals surface area contributed by atoms with Crippen molar-refractivity contribution in [2.45, 2.75) is 19.6 Å². The third-order valence-electron chi connectivity index (χ3n) is 4.38. The highest BCUT2D eigenvalue weighted by molar-refractivity contribution is 6.15. The Bertz CT molecular complexity index is 836. The monoisotopic (exact) mass is 420 g/mol. The molecule has 0 bridgehead atoms. The molecule has 1 N–H and O–H groups in total. The third kappa shape index (κ3) is 5.20. The fourth-order valence-electron chi connectivity index (χ4n) is 2.85. The maximum atomic E-state index is 12.2. The van der Waals surface area contributed by atoms with E-state index in [-0.39, 0.29) is 18.1 Å². The Balaban J connectivity index is 1.63. The van der Waals surface area contributed by atoms with Crippen LogP contribution in [0.25, 0.3) is 0 Å². The fraction of sp³-hybridized carbons (Fsp3) is 0.450. The Morgan fingerprint density at radius 2 is 1.83 bits per heavy atom.